The van der Waals surface area contributed by atoms with Crippen LogP contribution in [0.5, 0.6) is 0 Å². The molecule has 1 saturated heterocycles. The first-order chi connectivity index (χ1) is 11.6. The van der Waals surface area contributed by atoms with Crippen molar-refractivity contribution in [1.29, 1.82) is 0 Å². The van der Waals surface area contributed by atoms with Crippen LogP contribution >= 0.6 is 0 Å². The average molecular weight is 329 g/mol. The Hall–Kier alpha value is -2.21. The lowest BCUT2D eigenvalue weighted by Crippen LogP contribution is -2.39. The minimum absolute atomic E-state index is 0.127. The van der Waals surface area contributed by atoms with E-state index in [0.717, 1.165) is 12.8 Å². The van der Waals surface area contributed by atoms with E-state index in [9.17, 15) is 14.4 Å². The van der Waals surface area contributed by atoms with Crippen LogP contribution in [0.1, 0.15) is 40.5 Å². The van der Waals surface area contributed by atoms with Crippen molar-refractivity contribution in [2.45, 2.75) is 32.0 Å². The molecule has 2 amide bonds. The fourth-order valence-electron chi connectivity index (χ4n) is 3.83. The molecule has 0 radical (unpaired) electrons. The van der Waals surface area contributed by atoms with Crippen LogP contribution in [-0.4, -0.2) is 48.0 Å². The maximum atomic E-state index is 12.4. The number of imide groups is 1. The highest BCUT2D eigenvalue weighted by Crippen LogP contribution is 2.50. The Morgan fingerprint density at radius 3 is 2.50 bits per heavy atom. The Bertz CT molecular complexity index is 680. The Morgan fingerprint density at radius 2 is 1.88 bits per heavy atom. The van der Waals surface area contributed by atoms with Crippen molar-refractivity contribution in [1.82, 2.24) is 4.90 Å². The number of fused-ring (bicyclic) bond motifs is 2. The number of amides is 2. The van der Waals surface area contributed by atoms with Gasteiger partial charge in [-0.1, -0.05) is 12.1 Å². The molecule has 126 valence electrons. The third-order valence-electron chi connectivity index (χ3n) is 5.09. The van der Waals surface area contributed by atoms with Crippen molar-refractivity contribution in [2.24, 2.45) is 11.8 Å². The summed E-state index contributed by atoms with van der Waals surface area (Å²) in [4.78, 5) is 37.9. The highest BCUT2D eigenvalue weighted by Gasteiger charge is 2.59. The second-order valence-electron chi connectivity index (χ2n) is 6.51. The van der Waals surface area contributed by atoms with E-state index in [4.69, 9.17) is 9.47 Å². The van der Waals surface area contributed by atoms with E-state index in [1.54, 1.807) is 31.2 Å². The predicted octanol–water partition coefficient (Wildman–Crippen LogP) is 1.64. The first kappa shape index (κ1) is 15.3. The van der Waals surface area contributed by atoms with Gasteiger partial charge in [-0.25, -0.2) is 0 Å². The summed E-state index contributed by atoms with van der Waals surface area (Å²) in [6.07, 6.45) is 1.26. The molecule has 0 spiro atoms. The van der Waals surface area contributed by atoms with Crippen LogP contribution in [0.25, 0.3) is 0 Å². The number of rotatable bonds is 4. The smallest absolute Gasteiger partial charge is 0.311 e. The van der Waals surface area contributed by atoms with Crippen LogP contribution in [0.2, 0.25) is 0 Å². The minimum Gasteiger partial charge on any atom is -0.466 e. The van der Waals surface area contributed by atoms with Crippen LogP contribution in [-0.2, 0) is 14.3 Å². The zero-order valence-corrected chi connectivity index (χ0v) is 13.4. The number of benzene rings is 1. The highest BCUT2D eigenvalue weighted by atomic mass is 16.5. The minimum atomic E-state index is -0.265. The Kier molecular flexibility index (Phi) is 3.64. The summed E-state index contributed by atoms with van der Waals surface area (Å²) in [5, 5.41) is 0. The van der Waals surface area contributed by atoms with Crippen molar-refractivity contribution in [2.75, 3.05) is 13.2 Å². The largest absolute Gasteiger partial charge is 0.466 e. The van der Waals surface area contributed by atoms with Gasteiger partial charge in [-0.3, -0.25) is 19.3 Å². The summed E-state index contributed by atoms with van der Waals surface area (Å²) >= 11 is 0. The van der Waals surface area contributed by atoms with Gasteiger partial charge < -0.3 is 9.47 Å². The van der Waals surface area contributed by atoms with E-state index in [0.29, 0.717) is 17.7 Å². The van der Waals surface area contributed by atoms with Gasteiger partial charge >= 0.3 is 5.97 Å². The summed E-state index contributed by atoms with van der Waals surface area (Å²) in [6, 6.07) is 6.85. The summed E-state index contributed by atoms with van der Waals surface area (Å²) in [5.74, 6) is -0.688. The van der Waals surface area contributed by atoms with E-state index in [1.165, 1.54) is 4.90 Å². The number of hydrogen-bond donors (Lipinski definition) is 0. The van der Waals surface area contributed by atoms with Crippen LogP contribution in [0.4, 0.5) is 0 Å². The fourth-order valence-corrected chi connectivity index (χ4v) is 3.83. The molecule has 1 aromatic carbocycles. The van der Waals surface area contributed by atoms with Crippen molar-refractivity contribution in [3.8, 4) is 0 Å². The summed E-state index contributed by atoms with van der Waals surface area (Å²) in [6.45, 7) is 2.40. The number of ether oxygens (including phenoxy) is 2. The second-order valence-corrected chi connectivity index (χ2v) is 6.51. The maximum Gasteiger partial charge on any atom is 0.311 e. The molecular weight excluding hydrogens is 310 g/mol. The topological polar surface area (TPSA) is 72.9 Å². The number of hydrogen-bond acceptors (Lipinski definition) is 5. The monoisotopic (exact) mass is 329 g/mol. The third kappa shape index (κ3) is 2.33. The van der Waals surface area contributed by atoms with Crippen molar-refractivity contribution < 1.29 is 23.9 Å². The third-order valence-corrected chi connectivity index (χ3v) is 5.09. The van der Waals surface area contributed by atoms with Gasteiger partial charge in [0.25, 0.3) is 11.8 Å². The van der Waals surface area contributed by atoms with Gasteiger partial charge in [-0.2, -0.15) is 0 Å². The first-order valence-electron chi connectivity index (χ1n) is 8.39. The second kappa shape index (κ2) is 5.70. The van der Waals surface area contributed by atoms with E-state index in [-0.39, 0.29) is 48.4 Å². The highest BCUT2D eigenvalue weighted by molar-refractivity contribution is 6.21. The molecule has 3 aliphatic rings. The number of nitrogens with zero attached hydrogens (tertiary/aromatic N) is 1. The molecule has 1 saturated carbocycles. The van der Waals surface area contributed by atoms with Gasteiger partial charge in [0.1, 0.15) is 0 Å². The van der Waals surface area contributed by atoms with Crippen LogP contribution in [0.3, 0.4) is 0 Å². The molecule has 6 heteroatoms. The molecule has 4 atom stereocenters. The lowest BCUT2D eigenvalue weighted by Gasteiger charge is -2.25. The normalized spacial score (nSPS) is 30.8. The van der Waals surface area contributed by atoms with E-state index < -0.39 is 0 Å². The molecule has 0 aromatic heterocycles. The molecule has 0 bridgehead atoms. The van der Waals surface area contributed by atoms with Crippen LogP contribution in [0, 0.1) is 11.8 Å². The van der Waals surface area contributed by atoms with Gasteiger partial charge in [0.15, 0.2) is 0 Å². The molecule has 6 nitrogen and oxygen atoms in total. The maximum absolute atomic E-state index is 12.4. The molecule has 2 fully saturated rings. The van der Waals surface area contributed by atoms with Crippen LogP contribution < -0.4 is 0 Å². The van der Waals surface area contributed by atoms with Crippen molar-refractivity contribution in [3.05, 3.63) is 35.4 Å². The summed E-state index contributed by atoms with van der Waals surface area (Å²) in [7, 11) is 0. The number of esters is 1. The molecule has 24 heavy (non-hydrogen) atoms. The van der Waals surface area contributed by atoms with Crippen molar-refractivity contribution >= 4 is 17.8 Å². The van der Waals surface area contributed by atoms with E-state index in [1.807, 2.05) is 0 Å². The molecule has 2 heterocycles. The van der Waals surface area contributed by atoms with Gasteiger partial charge in [0, 0.05) is 5.92 Å². The number of carbonyl (C=O) groups excluding carboxylic acids is 3. The van der Waals surface area contributed by atoms with Gasteiger partial charge in [-0.15, -0.1) is 0 Å². The lowest BCUT2D eigenvalue weighted by atomic mass is 10.1. The van der Waals surface area contributed by atoms with Gasteiger partial charge in [0.2, 0.25) is 0 Å². The predicted molar refractivity (Wildman–Crippen MR) is 83.3 cm³/mol. The van der Waals surface area contributed by atoms with Crippen molar-refractivity contribution in [3.63, 3.8) is 0 Å². The first-order valence-corrected chi connectivity index (χ1v) is 8.39. The Morgan fingerprint density at radius 1 is 1.21 bits per heavy atom. The fraction of sp³-hybridized carbons (Fsp3) is 0.500. The molecular formula is C18H19NO5. The number of carbonyl (C=O) groups is 3. The zero-order valence-electron chi connectivity index (χ0n) is 13.4. The molecule has 0 N–H and O–H groups in total. The molecule has 1 aliphatic carbocycles. The SMILES string of the molecule is CCOC(=O)C1C2CC[C@@H](CN3C(=O)c4ccccc4C3=O)OC21. The van der Waals surface area contributed by atoms with Gasteiger partial charge in [0.05, 0.1) is 42.4 Å². The zero-order chi connectivity index (χ0) is 16.8. The molecule has 2 aliphatic heterocycles. The van der Waals surface area contributed by atoms with Gasteiger partial charge in [-0.05, 0) is 31.9 Å². The molecule has 1 aromatic rings. The van der Waals surface area contributed by atoms with E-state index in [2.05, 4.69) is 0 Å². The Labute approximate surface area is 139 Å². The lowest BCUT2D eigenvalue weighted by molar-refractivity contribution is -0.146. The standard InChI is InChI=1S/C18H19NO5/c1-2-23-18(22)14-13-8-7-10(24-15(13)14)9-19-16(20)11-5-3-4-6-12(11)17(19)21/h3-6,10,13-15H,2,7-9H2,1H3/t10-,13?,14?,15?/m0/s1. The molecule has 3 unspecified atom stereocenters. The summed E-state index contributed by atoms with van der Waals surface area (Å²) < 4.78 is 11.0. The average Bonchev–Trinajstić information content (AvgIpc) is 3.26. The summed E-state index contributed by atoms with van der Waals surface area (Å²) in [5.41, 5.74) is 0.902. The van der Waals surface area contributed by atoms with Crippen LogP contribution in [0.15, 0.2) is 24.3 Å². The van der Waals surface area contributed by atoms with E-state index >= 15 is 0 Å². The quantitative estimate of drug-likeness (QED) is 0.620. The molecule has 4 rings (SSSR count). The Balaban J connectivity index is 1.41.